The maximum atomic E-state index is 12.8. The molecule has 0 radical (unpaired) electrons. The fourth-order valence-corrected chi connectivity index (χ4v) is 4.38. The van der Waals surface area contributed by atoms with Crippen LogP contribution in [0.15, 0.2) is 111 Å². The van der Waals surface area contributed by atoms with E-state index in [1.54, 1.807) is 36.5 Å². The van der Waals surface area contributed by atoms with Crippen LogP contribution in [0.5, 0.6) is 0 Å². The smallest absolute Gasteiger partial charge is 0.349 e. The normalized spacial score (nSPS) is 11.0. The SMILES string of the molecule is O=C(Nc1cc(Br)ccn1)c1cc2cc(Nc3nc(-c4ccccc4)nc4ccccc34)ccc2oc1=O. The van der Waals surface area contributed by atoms with E-state index in [4.69, 9.17) is 14.4 Å². The minimum Gasteiger partial charge on any atom is -0.422 e. The topological polar surface area (TPSA) is 110 Å². The number of hydrogen-bond acceptors (Lipinski definition) is 7. The van der Waals surface area contributed by atoms with Crippen molar-refractivity contribution in [3.05, 3.63) is 118 Å². The van der Waals surface area contributed by atoms with Crippen LogP contribution in [0.4, 0.5) is 17.3 Å². The summed E-state index contributed by atoms with van der Waals surface area (Å²) in [6.45, 7) is 0. The average molecular weight is 564 g/mol. The lowest BCUT2D eigenvalue weighted by Gasteiger charge is -2.12. The van der Waals surface area contributed by atoms with Crippen LogP contribution in [-0.2, 0) is 0 Å². The van der Waals surface area contributed by atoms with Crippen LogP contribution < -0.4 is 16.3 Å². The molecule has 184 valence electrons. The maximum absolute atomic E-state index is 12.8. The highest BCUT2D eigenvalue weighted by Gasteiger charge is 2.16. The molecule has 2 N–H and O–H groups in total. The van der Waals surface area contributed by atoms with Crippen LogP contribution in [0.3, 0.4) is 0 Å². The van der Waals surface area contributed by atoms with Gasteiger partial charge in [-0.2, -0.15) is 0 Å². The molecule has 0 bridgehead atoms. The predicted octanol–water partition coefficient (Wildman–Crippen LogP) is 6.56. The lowest BCUT2D eigenvalue weighted by Crippen LogP contribution is -2.21. The van der Waals surface area contributed by atoms with E-state index in [-0.39, 0.29) is 5.56 Å². The number of carbonyl (C=O) groups excluding carboxylic acids is 1. The first kappa shape index (κ1) is 23.5. The fourth-order valence-electron chi connectivity index (χ4n) is 4.04. The predicted molar refractivity (Wildman–Crippen MR) is 151 cm³/mol. The standard InChI is InChI=1S/C29H18BrN5O3/c30-19-12-13-31-25(16-19)34-28(36)22-15-18-14-20(10-11-24(18)38-29(22)37)32-27-21-8-4-5-9-23(21)33-26(35-27)17-6-2-1-3-7-17/h1-16H,(H,31,34,36)(H,32,33,35). The molecule has 0 aliphatic carbocycles. The average Bonchev–Trinajstić information content (AvgIpc) is 2.93. The van der Waals surface area contributed by atoms with Gasteiger partial charge in [0.2, 0.25) is 0 Å². The molecule has 0 saturated heterocycles. The van der Waals surface area contributed by atoms with Gasteiger partial charge in [-0.1, -0.05) is 58.4 Å². The van der Waals surface area contributed by atoms with Crippen molar-refractivity contribution in [3.63, 3.8) is 0 Å². The van der Waals surface area contributed by atoms with Crippen LogP contribution in [0.2, 0.25) is 0 Å². The Labute approximate surface area is 224 Å². The molecule has 38 heavy (non-hydrogen) atoms. The summed E-state index contributed by atoms with van der Waals surface area (Å²) in [6, 6.07) is 27.6. The number of nitrogens with zero attached hydrogens (tertiary/aromatic N) is 3. The maximum Gasteiger partial charge on any atom is 0.349 e. The number of amides is 1. The molecule has 0 saturated carbocycles. The quantitative estimate of drug-likeness (QED) is 0.228. The first-order chi connectivity index (χ1) is 18.5. The Balaban J connectivity index is 1.37. The largest absolute Gasteiger partial charge is 0.422 e. The number of rotatable bonds is 5. The summed E-state index contributed by atoms with van der Waals surface area (Å²) in [4.78, 5) is 39.0. The molecule has 0 spiro atoms. The van der Waals surface area contributed by atoms with E-state index in [1.807, 2.05) is 54.6 Å². The van der Waals surface area contributed by atoms with Crippen LogP contribution >= 0.6 is 15.9 Å². The lowest BCUT2D eigenvalue weighted by atomic mass is 10.1. The molecule has 0 aliphatic heterocycles. The number of aromatic nitrogens is 3. The number of pyridine rings is 1. The van der Waals surface area contributed by atoms with E-state index >= 15 is 0 Å². The van der Waals surface area contributed by atoms with Crippen molar-refractivity contribution in [2.24, 2.45) is 0 Å². The number of carbonyl (C=O) groups is 1. The number of nitrogens with one attached hydrogen (secondary N) is 2. The molecule has 0 unspecified atom stereocenters. The van der Waals surface area contributed by atoms with Gasteiger partial charge in [0.1, 0.15) is 22.8 Å². The zero-order chi connectivity index (χ0) is 26.1. The highest BCUT2D eigenvalue weighted by atomic mass is 79.9. The number of halogens is 1. The molecular weight excluding hydrogens is 546 g/mol. The van der Waals surface area contributed by atoms with Crippen molar-refractivity contribution in [1.29, 1.82) is 0 Å². The summed E-state index contributed by atoms with van der Waals surface area (Å²) in [5, 5.41) is 7.43. The minimum atomic E-state index is -0.736. The second-order valence-corrected chi connectivity index (χ2v) is 9.33. The Hall–Kier alpha value is -4.89. The Morgan fingerprint density at radius 2 is 1.68 bits per heavy atom. The summed E-state index contributed by atoms with van der Waals surface area (Å²) in [7, 11) is 0. The Morgan fingerprint density at radius 3 is 2.53 bits per heavy atom. The molecule has 8 nitrogen and oxygen atoms in total. The minimum absolute atomic E-state index is 0.129. The first-order valence-electron chi connectivity index (χ1n) is 11.6. The van der Waals surface area contributed by atoms with Crippen LogP contribution in [-0.4, -0.2) is 20.9 Å². The number of benzene rings is 3. The number of para-hydroxylation sites is 1. The summed E-state index contributed by atoms with van der Waals surface area (Å²) in [6.07, 6.45) is 1.54. The second kappa shape index (κ2) is 9.87. The van der Waals surface area contributed by atoms with Crippen molar-refractivity contribution in [2.75, 3.05) is 10.6 Å². The Bertz CT molecular complexity index is 1890. The molecule has 6 rings (SSSR count). The van der Waals surface area contributed by atoms with Crippen LogP contribution in [0.25, 0.3) is 33.3 Å². The third-order valence-electron chi connectivity index (χ3n) is 5.84. The van der Waals surface area contributed by atoms with E-state index < -0.39 is 11.5 Å². The fraction of sp³-hybridized carbons (Fsp3) is 0. The second-order valence-electron chi connectivity index (χ2n) is 8.42. The van der Waals surface area contributed by atoms with Crippen molar-refractivity contribution in [3.8, 4) is 11.4 Å². The molecular formula is C29H18BrN5O3. The van der Waals surface area contributed by atoms with Crippen molar-refractivity contribution in [1.82, 2.24) is 15.0 Å². The van der Waals surface area contributed by atoms with Gasteiger partial charge in [-0.15, -0.1) is 0 Å². The van der Waals surface area contributed by atoms with Crippen molar-refractivity contribution >= 4 is 61.0 Å². The van der Waals surface area contributed by atoms with Gasteiger partial charge in [-0.05, 0) is 48.5 Å². The Kier molecular flexibility index (Phi) is 6.11. The molecule has 9 heteroatoms. The van der Waals surface area contributed by atoms with Gasteiger partial charge in [0.15, 0.2) is 5.82 Å². The van der Waals surface area contributed by atoms with Gasteiger partial charge in [0, 0.05) is 32.7 Å². The zero-order valence-electron chi connectivity index (χ0n) is 19.7. The monoisotopic (exact) mass is 563 g/mol. The molecule has 6 aromatic rings. The number of hydrogen-bond donors (Lipinski definition) is 2. The van der Waals surface area contributed by atoms with Crippen molar-refractivity contribution < 1.29 is 9.21 Å². The Morgan fingerprint density at radius 1 is 0.868 bits per heavy atom. The molecule has 3 aromatic heterocycles. The molecule has 3 aromatic carbocycles. The van der Waals surface area contributed by atoms with E-state index in [2.05, 4.69) is 31.5 Å². The van der Waals surface area contributed by atoms with Gasteiger partial charge < -0.3 is 15.1 Å². The molecule has 0 fully saturated rings. The first-order valence-corrected chi connectivity index (χ1v) is 12.4. The van der Waals surface area contributed by atoms with Gasteiger partial charge in [-0.3, -0.25) is 4.79 Å². The highest BCUT2D eigenvalue weighted by molar-refractivity contribution is 9.10. The number of anilines is 3. The molecule has 0 atom stereocenters. The lowest BCUT2D eigenvalue weighted by molar-refractivity contribution is 0.102. The van der Waals surface area contributed by atoms with Gasteiger partial charge in [0.05, 0.1) is 5.52 Å². The van der Waals surface area contributed by atoms with Gasteiger partial charge in [0.25, 0.3) is 5.91 Å². The van der Waals surface area contributed by atoms with Crippen LogP contribution in [0, 0.1) is 0 Å². The zero-order valence-corrected chi connectivity index (χ0v) is 21.3. The van der Waals surface area contributed by atoms with Gasteiger partial charge in [-0.25, -0.2) is 19.7 Å². The summed E-state index contributed by atoms with van der Waals surface area (Å²) in [5.41, 5.74) is 1.90. The van der Waals surface area contributed by atoms with E-state index in [0.29, 0.717) is 34.1 Å². The van der Waals surface area contributed by atoms with E-state index in [9.17, 15) is 9.59 Å². The molecule has 1 amide bonds. The number of fused-ring (bicyclic) bond motifs is 2. The van der Waals surface area contributed by atoms with Crippen LogP contribution in [0.1, 0.15) is 10.4 Å². The van der Waals surface area contributed by atoms with Crippen molar-refractivity contribution in [2.45, 2.75) is 0 Å². The summed E-state index contributed by atoms with van der Waals surface area (Å²) in [5.74, 6) is 0.923. The summed E-state index contributed by atoms with van der Waals surface area (Å²) < 4.78 is 6.18. The third-order valence-corrected chi connectivity index (χ3v) is 6.33. The summed E-state index contributed by atoms with van der Waals surface area (Å²) >= 11 is 3.34. The van der Waals surface area contributed by atoms with E-state index in [0.717, 1.165) is 20.9 Å². The molecule has 0 aliphatic rings. The molecule has 3 heterocycles. The van der Waals surface area contributed by atoms with E-state index in [1.165, 1.54) is 6.07 Å². The highest BCUT2D eigenvalue weighted by Crippen LogP contribution is 2.29. The van der Waals surface area contributed by atoms with Gasteiger partial charge >= 0.3 is 5.63 Å². The third kappa shape index (κ3) is 4.74.